The van der Waals surface area contributed by atoms with Crippen molar-refractivity contribution in [2.24, 2.45) is 13.0 Å². The lowest BCUT2D eigenvalue weighted by Gasteiger charge is -2.08. The Kier molecular flexibility index (Phi) is 3.12. The van der Waals surface area contributed by atoms with Crippen molar-refractivity contribution in [1.29, 1.82) is 0 Å². The molecule has 2 rings (SSSR count). The van der Waals surface area contributed by atoms with Gasteiger partial charge in [-0.15, -0.1) is 11.6 Å². The Morgan fingerprint density at radius 2 is 2.43 bits per heavy atom. The average molecular weight is 213 g/mol. The van der Waals surface area contributed by atoms with Crippen molar-refractivity contribution in [2.45, 2.75) is 37.5 Å². The maximum atomic E-state index is 6.08. The van der Waals surface area contributed by atoms with Gasteiger partial charge in [0, 0.05) is 24.3 Å². The maximum absolute atomic E-state index is 6.08. The molecule has 0 spiro atoms. The Morgan fingerprint density at radius 3 is 3.00 bits per heavy atom. The van der Waals surface area contributed by atoms with Crippen molar-refractivity contribution in [3.05, 3.63) is 18.0 Å². The van der Waals surface area contributed by atoms with E-state index < -0.39 is 0 Å². The summed E-state index contributed by atoms with van der Waals surface area (Å²) in [6.07, 6.45) is 8.00. The average Bonchev–Trinajstić information content (AvgIpc) is 2.72. The summed E-state index contributed by atoms with van der Waals surface area (Å²) in [5, 5.41) is 4.60. The lowest BCUT2D eigenvalue weighted by molar-refractivity contribution is 0.494. The maximum Gasteiger partial charge on any atom is 0.0492 e. The van der Waals surface area contributed by atoms with E-state index in [4.69, 9.17) is 11.6 Å². The normalized spacial score (nSPS) is 27.0. The van der Waals surface area contributed by atoms with E-state index in [0.29, 0.717) is 5.38 Å². The van der Waals surface area contributed by atoms with Crippen LogP contribution in [0.3, 0.4) is 0 Å². The molecule has 0 saturated heterocycles. The van der Waals surface area contributed by atoms with Crippen LogP contribution in [0.1, 0.15) is 31.4 Å². The summed E-state index contributed by atoms with van der Waals surface area (Å²) in [6.45, 7) is 0. The fourth-order valence-electron chi connectivity index (χ4n) is 2.27. The molecule has 1 heterocycles. The van der Waals surface area contributed by atoms with Gasteiger partial charge in [0.15, 0.2) is 0 Å². The highest BCUT2D eigenvalue weighted by Gasteiger charge is 2.22. The second-order valence-corrected chi connectivity index (χ2v) is 4.88. The molecule has 0 aromatic carbocycles. The number of halogens is 1. The van der Waals surface area contributed by atoms with E-state index in [1.807, 2.05) is 17.9 Å². The van der Waals surface area contributed by atoms with Gasteiger partial charge in [-0.1, -0.05) is 0 Å². The zero-order chi connectivity index (χ0) is 9.97. The molecular formula is C11H17ClN2. The number of nitrogens with zero attached hydrogens (tertiary/aromatic N) is 2. The third-order valence-corrected chi connectivity index (χ3v) is 3.60. The molecule has 1 fully saturated rings. The molecule has 2 nitrogen and oxygen atoms in total. The summed E-state index contributed by atoms with van der Waals surface area (Å²) >= 11 is 6.08. The molecule has 1 aliphatic carbocycles. The van der Waals surface area contributed by atoms with Crippen molar-refractivity contribution in [3.63, 3.8) is 0 Å². The number of rotatable bonds is 3. The van der Waals surface area contributed by atoms with E-state index in [2.05, 4.69) is 11.2 Å². The molecule has 0 N–H and O–H groups in total. The standard InChI is InChI=1S/C11H17ClN2/c1-14-11(6-7-13-14)5-3-9-2-4-10(12)8-9/h6-7,9-10H,2-5,8H2,1H3. The molecular weight excluding hydrogens is 196 g/mol. The van der Waals surface area contributed by atoms with Crippen molar-refractivity contribution in [1.82, 2.24) is 9.78 Å². The fourth-order valence-corrected chi connectivity index (χ4v) is 2.65. The summed E-state index contributed by atoms with van der Waals surface area (Å²) < 4.78 is 1.97. The molecule has 2 atom stereocenters. The fraction of sp³-hybridized carbons (Fsp3) is 0.727. The van der Waals surface area contributed by atoms with Crippen LogP contribution in [-0.2, 0) is 13.5 Å². The van der Waals surface area contributed by atoms with Crippen LogP contribution >= 0.6 is 11.6 Å². The Hall–Kier alpha value is -0.500. The molecule has 2 unspecified atom stereocenters. The van der Waals surface area contributed by atoms with Gasteiger partial charge in [-0.05, 0) is 44.1 Å². The summed E-state index contributed by atoms with van der Waals surface area (Å²) in [4.78, 5) is 0. The second kappa shape index (κ2) is 4.35. The van der Waals surface area contributed by atoms with E-state index >= 15 is 0 Å². The number of alkyl halides is 1. The van der Waals surface area contributed by atoms with Gasteiger partial charge in [-0.25, -0.2) is 0 Å². The zero-order valence-corrected chi connectivity index (χ0v) is 9.37. The second-order valence-electron chi connectivity index (χ2n) is 4.26. The van der Waals surface area contributed by atoms with Crippen LogP contribution in [0.4, 0.5) is 0 Å². The topological polar surface area (TPSA) is 17.8 Å². The summed E-state index contributed by atoms with van der Waals surface area (Å²) in [6, 6.07) is 2.10. The number of hydrogen-bond acceptors (Lipinski definition) is 1. The predicted molar refractivity (Wildman–Crippen MR) is 58.5 cm³/mol. The van der Waals surface area contributed by atoms with Crippen LogP contribution < -0.4 is 0 Å². The van der Waals surface area contributed by atoms with Crippen LogP contribution in [0.15, 0.2) is 12.3 Å². The van der Waals surface area contributed by atoms with Crippen molar-refractivity contribution in [3.8, 4) is 0 Å². The number of aromatic nitrogens is 2. The van der Waals surface area contributed by atoms with Gasteiger partial charge in [0.05, 0.1) is 0 Å². The van der Waals surface area contributed by atoms with Gasteiger partial charge in [0.2, 0.25) is 0 Å². The zero-order valence-electron chi connectivity index (χ0n) is 8.62. The monoisotopic (exact) mass is 212 g/mol. The van der Waals surface area contributed by atoms with Crippen LogP contribution in [0.2, 0.25) is 0 Å². The largest absolute Gasteiger partial charge is 0.273 e. The van der Waals surface area contributed by atoms with Crippen molar-refractivity contribution < 1.29 is 0 Å². The molecule has 0 bridgehead atoms. The quantitative estimate of drug-likeness (QED) is 0.705. The molecule has 1 aromatic rings. The third-order valence-electron chi connectivity index (χ3n) is 3.21. The van der Waals surface area contributed by atoms with Gasteiger partial charge < -0.3 is 0 Å². The Bertz CT molecular complexity index is 295. The highest BCUT2D eigenvalue weighted by atomic mass is 35.5. The molecule has 3 heteroatoms. The molecule has 0 radical (unpaired) electrons. The third kappa shape index (κ3) is 2.30. The van der Waals surface area contributed by atoms with Crippen LogP contribution in [0.25, 0.3) is 0 Å². The Labute approximate surface area is 90.3 Å². The lowest BCUT2D eigenvalue weighted by atomic mass is 10.0. The first-order valence-electron chi connectivity index (χ1n) is 5.36. The van der Waals surface area contributed by atoms with Crippen LogP contribution in [0, 0.1) is 5.92 Å². The molecule has 1 aromatic heterocycles. The van der Waals surface area contributed by atoms with E-state index in [1.54, 1.807) is 0 Å². The van der Waals surface area contributed by atoms with Crippen molar-refractivity contribution >= 4 is 11.6 Å². The molecule has 1 aliphatic rings. The molecule has 0 aliphatic heterocycles. The Morgan fingerprint density at radius 1 is 1.57 bits per heavy atom. The van der Waals surface area contributed by atoms with Gasteiger partial charge in [0.25, 0.3) is 0 Å². The van der Waals surface area contributed by atoms with E-state index in [9.17, 15) is 0 Å². The first-order valence-corrected chi connectivity index (χ1v) is 5.80. The number of hydrogen-bond donors (Lipinski definition) is 0. The first-order chi connectivity index (χ1) is 6.75. The summed E-state index contributed by atoms with van der Waals surface area (Å²) in [5.41, 5.74) is 1.34. The smallest absolute Gasteiger partial charge is 0.0492 e. The molecule has 78 valence electrons. The highest BCUT2D eigenvalue weighted by Crippen LogP contribution is 2.32. The summed E-state index contributed by atoms with van der Waals surface area (Å²) in [5.74, 6) is 0.840. The summed E-state index contributed by atoms with van der Waals surface area (Å²) in [7, 11) is 2.01. The SMILES string of the molecule is Cn1nccc1CCC1CCC(Cl)C1. The molecule has 1 saturated carbocycles. The van der Waals surface area contributed by atoms with E-state index in [0.717, 1.165) is 12.3 Å². The van der Waals surface area contributed by atoms with Crippen molar-refractivity contribution in [2.75, 3.05) is 0 Å². The van der Waals surface area contributed by atoms with Crippen LogP contribution in [-0.4, -0.2) is 15.2 Å². The van der Waals surface area contributed by atoms with Crippen LogP contribution in [0.5, 0.6) is 0 Å². The lowest BCUT2D eigenvalue weighted by Crippen LogP contribution is -2.02. The minimum absolute atomic E-state index is 0.437. The van der Waals surface area contributed by atoms with E-state index in [1.165, 1.54) is 31.4 Å². The Balaban J connectivity index is 1.80. The molecule has 0 amide bonds. The molecule has 14 heavy (non-hydrogen) atoms. The van der Waals surface area contributed by atoms with Gasteiger partial charge in [-0.3, -0.25) is 4.68 Å². The van der Waals surface area contributed by atoms with E-state index in [-0.39, 0.29) is 0 Å². The number of aryl methyl sites for hydroxylation is 2. The first kappa shape index (κ1) is 10.0. The van der Waals surface area contributed by atoms with Gasteiger partial charge in [0.1, 0.15) is 0 Å². The van der Waals surface area contributed by atoms with Gasteiger partial charge >= 0.3 is 0 Å². The minimum atomic E-state index is 0.437. The predicted octanol–water partition coefficient (Wildman–Crippen LogP) is 2.76. The highest BCUT2D eigenvalue weighted by molar-refractivity contribution is 6.20. The minimum Gasteiger partial charge on any atom is -0.273 e. The van der Waals surface area contributed by atoms with Gasteiger partial charge in [-0.2, -0.15) is 5.10 Å².